The first kappa shape index (κ1) is 13.0. The molecule has 2 atom stereocenters. The number of aromatic nitrogens is 1. The maximum absolute atomic E-state index is 9.15. The Hall–Kier alpha value is -1.40. The molecule has 0 aromatic carbocycles. The summed E-state index contributed by atoms with van der Waals surface area (Å²) in [5.74, 6) is 0.174. The van der Waals surface area contributed by atoms with Crippen molar-refractivity contribution in [1.82, 2.24) is 10.3 Å². The van der Waals surface area contributed by atoms with Crippen molar-refractivity contribution in [2.75, 3.05) is 0 Å². The van der Waals surface area contributed by atoms with E-state index < -0.39 is 0 Å². The summed E-state index contributed by atoms with van der Waals surface area (Å²) >= 11 is 0. The van der Waals surface area contributed by atoms with Gasteiger partial charge in [-0.3, -0.25) is 4.98 Å². The van der Waals surface area contributed by atoms with Crippen molar-refractivity contribution in [3.05, 3.63) is 29.6 Å². The Labute approximate surface area is 109 Å². The Bertz CT molecular complexity index is 422. The molecule has 3 heteroatoms. The van der Waals surface area contributed by atoms with Gasteiger partial charge in [-0.15, -0.1) is 0 Å². The minimum atomic E-state index is 0.174. The lowest BCUT2D eigenvalue weighted by Gasteiger charge is -2.27. The zero-order valence-corrected chi connectivity index (χ0v) is 11.0. The van der Waals surface area contributed by atoms with Gasteiger partial charge in [-0.05, 0) is 30.9 Å². The number of hydrogen-bond donors (Lipinski definition) is 1. The Morgan fingerprint density at radius 3 is 3.06 bits per heavy atom. The molecule has 0 saturated heterocycles. The third kappa shape index (κ3) is 3.08. The molecule has 0 amide bonds. The molecule has 0 radical (unpaired) electrons. The van der Waals surface area contributed by atoms with Crippen LogP contribution >= 0.6 is 0 Å². The zero-order chi connectivity index (χ0) is 12.8. The minimum Gasteiger partial charge on any atom is -0.307 e. The molecule has 1 N–H and O–H groups in total. The first-order valence-electron chi connectivity index (χ1n) is 6.91. The summed E-state index contributed by atoms with van der Waals surface area (Å²) in [6, 6.07) is 6.90. The quantitative estimate of drug-likeness (QED) is 0.884. The normalized spacial score (nSPS) is 23.6. The van der Waals surface area contributed by atoms with Crippen LogP contribution in [-0.4, -0.2) is 11.0 Å². The highest BCUT2D eigenvalue weighted by Crippen LogP contribution is 2.24. The summed E-state index contributed by atoms with van der Waals surface area (Å²) in [4.78, 5) is 4.44. The van der Waals surface area contributed by atoms with Crippen LogP contribution < -0.4 is 5.32 Å². The molecule has 18 heavy (non-hydrogen) atoms. The molecule has 1 fully saturated rings. The van der Waals surface area contributed by atoms with E-state index in [2.05, 4.69) is 29.4 Å². The van der Waals surface area contributed by atoms with Crippen LogP contribution in [0.4, 0.5) is 0 Å². The lowest BCUT2D eigenvalue weighted by atomic mass is 9.85. The first-order valence-corrected chi connectivity index (χ1v) is 6.91. The fraction of sp³-hybridized carbons (Fsp3) is 0.600. The van der Waals surface area contributed by atoms with Crippen molar-refractivity contribution in [2.24, 2.45) is 5.92 Å². The van der Waals surface area contributed by atoms with Crippen LogP contribution in [0.3, 0.4) is 0 Å². The van der Waals surface area contributed by atoms with E-state index >= 15 is 0 Å². The molecule has 0 spiro atoms. The topological polar surface area (TPSA) is 48.7 Å². The van der Waals surface area contributed by atoms with Gasteiger partial charge in [0.2, 0.25) is 0 Å². The van der Waals surface area contributed by atoms with Gasteiger partial charge >= 0.3 is 0 Å². The van der Waals surface area contributed by atoms with Crippen LogP contribution in [0.25, 0.3) is 0 Å². The van der Waals surface area contributed by atoms with Gasteiger partial charge in [0, 0.05) is 18.8 Å². The Balaban J connectivity index is 1.96. The Morgan fingerprint density at radius 2 is 2.28 bits per heavy atom. The number of nitrogens with one attached hydrogen (secondary N) is 1. The lowest BCUT2D eigenvalue weighted by Crippen LogP contribution is -2.37. The van der Waals surface area contributed by atoms with Gasteiger partial charge in [0.15, 0.2) is 0 Å². The number of hydrogen-bond acceptors (Lipinski definition) is 3. The molecule has 2 rings (SSSR count). The van der Waals surface area contributed by atoms with E-state index in [-0.39, 0.29) is 5.92 Å². The average molecular weight is 243 g/mol. The second kappa shape index (κ2) is 6.51. The number of rotatable bonds is 4. The van der Waals surface area contributed by atoms with E-state index in [1.165, 1.54) is 18.4 Å². The summed E-state index contributed by atoms with van der Waals surface area (Å²) in [7, 11) is 0. The highest BCUT2D eigenvalue weighted by atomic mass is 14.9. The van der Waals surface area contributed by atoms with Crippen LogP contribution in [-0.2, 0) is 13.0 Å². The van der Waals surface area contributed by atoms with Crippen molar-refractivity contribution in [3.63, 3.8) is 0 Å². The lowest BCUT2D eigenvalue weighted by molar-refractivity contribution is 0.310. The minimum absolute atomic E-state index is 0.174. The predicted octanol–water partition coefficient (Wildman–Crippen LogP) is 2.82. The monoisotopic (exact) mass is 243 g/mol. The Morgan fingerprint density at radius 1 is 1.44 bits per heavy atom. The van der Waals surface area contributed by atoms with E-state index in [0.717, 1.165) is 31.5 Å². The number of nitriles is 1. The number of pyridine rings is 1. The van der Waals surface area contributed by atoms with Crippen molar-refractivity contribution in [1.29, 1.82) is 5.26 Å². The molecule has 1 aliphatic carbocycles. The molecule has 1 aliphatic rings. The van der Waals surface area contributed by atoms with Crippen molar-refractivity contribution < 1.29 is 0 Å². The molecule has 1 aromatic heterocycles. The van der Waals surface area contributed by atoms with Crippen LogP contribution in [0, 0.1) is 17.2 Å². The smallest absolute Gasteiger partial charge is 0.0672 e. The molecule has 2 unspecified atom stereocenters. The molecule has 1 heterocycles. The largest absolute Gasteiger partial charge is 0.307 e. The van der Waals surface area contributed by atoms with Crippen molar-refractivity contribution in [3.8, 4) is 6.07 Å². The van der Waals surface area contributed by atoms with E-state index in [9.17, 15) is 0 Å². The van der Waals surface area contributed by atoms with Gasteiger partial charge < -0.3 is 5.32 Å². The molecule has 96 valence electrons. The van der Waals surface area contributed by atoms with Crippen LogP contribution in [0.2, 0.25) is 0 Å². The highest BCUT2D eigenvalue weighted by Gasteiger charge is 2.24. The van der Waals surface area contributed by atoms with E-state index in [1.807, 2.05) is 12.3 Å². The van der Waals surface area contributed by atoms with Gasteiger partial charge in [-0.25, -0.2) is 0 Å². The van der Waals surface area contributed by atoms with Gasteiger partial charge in [0.05, 0.1) is 17.7 Å². The fourth-order valence-electron chi connectivity index (χ4n) is 2.71. The van der Waals surface area contributed by atoms with Gasteiger partial charge in [-0.2, -0.15) is 5.26 Å². The molecular formula is C15H21N3. The first-order chi connectivity index (χ1) is 8.85. The summed E-state index contributed by atoms with van der Waals surface area (Å²) in [5, 5.41) is 12.7. The summed E-state index contributed by atoms with van der Waals surface area (Å²) < 4.78 is 0. The molecule has 0 aliphatic heterocycles. The third-order valence-corrected chi connectivity index (χ3v) is 3.83. The van der Waals surface area contributed by atoms with Crippen LogP contribution in [0.5, 0.6) is 0 Å². The number of aryl methyl sites for hydroxylation is 1. The second-order valence-corrected chi connectivity index (χ2v) is 4.97. The molecular weight excluding hydrogens is 222 g/mol. The van der Waals surface area contributed by atoms with Gasteiger partial charge in [0.25, 0.3) is 0 Å². The maximum atomic E-state index is 9.15. The van der Waals surface area contributed by atoms with Crippen LogP contribution in [0.15, 0.2) is 18.3 Å². The Kier molecular flexibility index (Phi) is 4.72. The average Bonchev–Trinajstić information content (AvgIpc) is 2.45. The third-order valence-electron chi connectivity index (χ3n) is 3.83. The molecule has 1 saturated carbocycles. The second-order valence-electron chi connectivity index (χ2n) is 4.97. The number of nitrogens with zero attached hydrogens (tertiary/aromatic N) is 2. The summed E-state index contributed by atoms with van der Waals surface area (Å²) in [6.45, 7) is 2.94. The highest BCUT2D eigenvalue weighted by molar-refractivity contribution is 5.19. The van der Waals surface area contributed by atoms with Crippen molar-refractivity contribution in [2.45, 2.75) is 51.6 Å². The fourth-order valence-corrected chi connectivity index (χ4v) is 2.71. The summed E-state index contributed by atoms with van der Waals surface area (Å²) in [6.07, 6.45) is 7.44. The van der Waals surface area contributed by atoms with Gasteiger partial charge in [0.1, 0.15) is 0 Å². The van der Waals surface area contributed by atoms with E-state index in [0.29, 0.717) is 6.04 Å². The van der Waals surface area contributed by atoms with Crippen LogP contribution in [0.1, 0.15) is 43.9 Å². The SMILES string of the molecule is CCc1cccnc1CNC1CCCCC1C#N. The zero-order valence-electron chi connectivity index (χ0n) is 11.0. The van der Waals surface area contributed by atoms with Gasteiger partial charge in [-0.1, -0.05) is 25.8 Å². The molecule has 1 aromatic rings. The molecule has 0 bridgehead atoms. The standard InChI is InChI=1S/C15H21N3/c1-2-12-7-5-9-17-15(12)11-18-14-8-4-3-6-13(14)10-16/h5,7,9,13-14,18H,2-4,6,8,11H2,1H3. The predicted molar refractivity (Wildman–Crippen MR) is 71.8 cm³/mol. The van der Waals surface area contributed by atoms with E-state index in [4.69, 9.17) is 5.26 Å². The van der Waals surface area contributed by atoms with E-state index in [1.54, 1.807) is 0 Å². The molecule has 3 nitrogen and oxygen atoms in total. The summed E-state index contributed by atoms with van der Waals surface area (Å²) in [5.41, 5.74) is 2.43. The maximum Gasteiger partial charge on any atom is 0.0672 e. The van der Waals surface area contributed by atoms with Crippen molar-refractivity contribution >= 4 is 0 Å².